The van der Waals surface area contributed by atoms with Gasteiger partial charge in [0, 0.05) is 18.7 Å². The molecule has 0 fully saturated rings. The molecule has 1 amide bonds. The number of aliphatic hydroxyl groups is 1. The molecule has 3 heteroatoms. The smallest absolute Gasteiger partial charge is 0.254 e. The van der Waals surface area contributed by atoms with E-state index in [9.17, 15) is 9.90 Å². The Morgan fingerprint density at radius 1 is 0.889 bits per heavy atom. The van der Waals surface area contributed by atoms with E-state index in [-0.39, 0.29) is 23.3 Å². The first-order chi connectivity index (χ1) is 12.5. The molecule has 1 N–H and O–H groups in total. The third-order valence-electron chi connectivity index (χ3n) is 4.79. The maximum atomic E-state index is 13.3. The van der Waals surface area contributed by atoms with Crippen LogP contribution in [0.3, 0.4) is 0 Å². The monoisotopic (exact) mass is 367 g/mol. The molecule has 146 valence electrons. The van der Waals surface area contributed by atoms with E-state index in [1.807, 2.05) is 42.5 Å². The number of benzene rings is 2. The Bertz CT molecular complexity index is 735. The van der Waals surface area contributed by atoms with Crippen LogP contribution in [0, 0.1) is 0 Å². The fourth-order valence-electron chi connectivity index (χ4n) is 2.98. The van der Waals surface area contributed by atoms with E-state index in [1.54, 1.807) is 4.90 Å². The molecular weight excluding hydrogens is 334 g/mol. The zero-order chi connectivity index (χ0) is 20.2. The van der Waals surface area contributed by atoms with Crippen LogP contribution in [0.5, 0.6) is 0 Å². The molecule has 0 spiro atoms. The first kappa shape index (κ1) is 21.2. The van der Waals surface area contributed by atoms with Gasteiger partial charge in [-0.15, -0.1) is 0 Å². The lowest BCUT2D eigenvalue weighted by Crippen LogP contribution is -2.33. The first-order valence-electron chi connectivity index (χ1n) is 9.62. The largest absolute Gasteiger partial charge is 0.395 e. The molecule has 0 aliphatic rings. The van der Waals surface area contributed by atoms with Crippen molar-refractivity contribution in [2.75, 3.05) is 13.2 Å². The molecule has 0 heterocycles. The van der Waals surface area contributed by atoms with Crippen molar-refractivity contribution in [2.24, 2.45) is 0 Å². The van der Waals surface area contributed by atoms with E-state index >= 15 is 0 Å². The van der Waals surface area contributed by atoms with E-state index in [4.69, 9.17) is 0 Å². The number of carbonyl (C=O) groups excluding carboxylic acids is 1. The maximum Gasteiger partial charge on any atom is 0.254 e. The van der Waals surface area contributed by atoms with Gasteiger partial charge in [-0.05, 0) is 39.7 Å². The Morgan fingerprint density at radius 3 is 1.85 bits per heavy atom. The summed E-state index contributed by atoms with van der Waals surface area (Å²) in [6.07, 6.45) is 0. The van der Waals surface area contributed by atoms with Crippen molar-refractivity contribution in [1.82, 2.24) is 4.90 Å². The molecule has 0 radical (unpaired) electrons. The fraction of sp³-hybridized carbons (Fsp3) is 0.458. The minimum absolute atomic E-state index is 0.0375. The summed E-state index contributed by atoms with van der Waals surface area (Å²) in [7, 11) is 0. The van der Waals surface area contributed by atoms with Gasteiger partial charge in [0.2, 0.25) is 0 Å². The average Bonchev–Trinajstić information content (AvgIpc) is 2.60. The Balaban J connectivity index is 2.44. The number of amides is 1. The van der Waals surface area contributed by atoms with E-state index in [2.05, 4.69) is 47.6 Å². The molecule has 2 aromatic carbocycles. The number of carbonyl (C=O) groups is 1. The highest BCUT2D eigenvalue weighted by atomic mass is 16.3. The number of hydrogen-bond acceptors (Lipinski definition) is 2. The molecule has 0 bridgehead atoms. The van der Waals surface area contributed by atoms with Crippen molar-refractivity contribution in [2.45, 2.75) is 58.9 Å². The van der Waals surface area contributed by atoms with Gasteiger partial charge < -0.3 is 10.0 Å². The Morgan fingerprint density at radius 2 is 1.41 bits per heavy atom. The molecule has 0 unspecified atom stereocenters. The highest BCUT2D eigenvalue weighted by Gasteiger charge is 2.24. The van der Waals surface area contributed by atoms with Gasteiger partial charge >= 0.3 is 0 Å². The van der Waals surface area contributed by atoms with Gasteiger partial charge in [0.1, 0.15) is 0 Å². The Labute approximate surface area is 164 Å². The molecule has 3 nitrogen and oxygen atoms in total. The van der Waals surface area contributed by atoms with Crippen molar-refractivity contribution in [3.05, 3.63) is 70.8 Å². The second kappa shape index (κ2) is 8.26. The van der Waals surface area contributed by atoms with Crippen LogP contribution in [0.4, 0.5) is 0 Å². The van der Waals surface area contributed by atoms with Crippen LogP contribution >= 0.6 is 0 Å². The van der Waals surface area contributed by atoms with Gasteiger partial charge in [-0.1, -0.05) is 77.9 Å². The van der Waals surface area contributed by atoms with Crippen LogP contribution in [-0.4, -0.2) is 29.1 Å². The maximum absolute atomic E-state index is 13.3. The first-order valence-corrected chi connectivity index (χ1v) is 9.62. The van der Waals surface area contributed by atoms with Crippen LogP contribution in [0.1, 0.15) is 68.6 Å². The van der Waals surface area contributed by atoms with Gasteiger partial charge in [-0.25, -0.2) is 0 Å². The number of aliphatic hydroxyl groups excluding tert-OH is 1. The second-order valence-electron chi connectivity index (χ2n) is 9.23. The summed E-state index contributed by atoms with van der Waals surface area (Å²) < 4.78 is 0. The number of rotatable bonds is 5. The summed E-state index contributed by atoms with van der Waals surface area (Å²) >= 11 is 0. The van der Waals surface area contributed by atoms with Gasteiger partial charge in [0.05, 0.1) is 6.61 Å². The van der Waals surface area contributed by atoms with Crippen LogP contribution < -0.4 is 0 Å². The Kier molecular flexibility index (Phi) is 6.48. The molecule has 0 aliphatic heterocycles. The van der Waals surface area contributed by atoms with E-state index in [1.165, 1.54) is 0 Å². The molecule has 0 aromatic heterocycles. The zero-order valence-electron chi connectivity index (χ0n) is 17.5. The summed E-state index contributed by atoms with van der Waals surface area (Å²) in [6, 6.07) is 16.1. The van der Waals surface area contributed by atoms with Crippen LogP contribution in [-0.2, 0) is 17.4 Å². The lowest BCUT2D eigenvalue weighted by Gasteiger charge is -2.28. The lowest BCUT2D eigenvalue weighted by atomic mass is 9.79. The van der Waals surface area contributed by atoms with Crippen LogP contribution in [0.25, 0.3) is 0 Å². The molecule has 2 rings (SSSR count). The molecule has 0 saturated heterocycles. The van der Waals surface area contributed by atoms with Crippen molar-refractivity contribution in [3.63, 3.8) is 0 Å². The normalized spacial score (nSPS) is 12.1. The van der Waals surface area contributed by atoms with Gasteiger partial charge in [0.25, 0.3) is 5.91 Å². The summed E-state index contributed by atoms with van der Waals surface area (Å²) in [5, 5.41) is 9.48. The predicted octanol–water partition coefficient (Wildman–Crippen LogP) is 4.92. The molecule has 2 aromatic rings. The average molecular weight is 368 g/mol. The van der Waals surface area contributed by atoms with Gasteiger partial charge in [-0.3, -0.25) is 4.79 Å². The van der Waals surface area contributed by atoms with Crippen LogP contribution in [0.2, 0.25) is 0 Å². The van der Waals surface area contributed by atoms with Crippen molar-refractivity contribution in [3.8, 4) is 0 Å². The zero-order valence-corrected chi connectivity index (χ0v) is 17.5. The summed E-state index contributed by atoms with van der Waals surface area (Å²) in [4.78, 5) is 15.0. The van der Waals surface area contributed by atoms with Crippen molar-refractivity contribution in [1.29, 1.82) is 0 Å². The number of nitrogens with zero attached hydrogens (tertiary/aromatic N) is 1. The SMILES string of the molecule is CC(C)(C)c1cc(C(=O)N(CCO)Cc2ccccc2)cc(C(C)(C)C)c1. The van der Waals surface area contributed by atoms with Gasteiger partial charge in [-0.2, -0.15) is 0 Å². The minimum Gasteiger partial charge on any atom is -0.395 e. The standard InChI is InChI=1S/C24H33NO2/c1-23(2,3)20-14-19(15-21(16-20)24(4,5)6)22(27)25(12-13-26)17-18-10-8-7-9-11-18/h7-11,14-16,26H,12-13,17H2,1-6H3. The minimum atomic E-state index is -0.0519. The van der Waals surface area contributed by atoms with Crippen molar-refractivity contribution < 1.29 is 9.90 Å². The molecule has 0 saturated carbocycles. The van der Waals surface area contributed by atoms with Gasteiger partial charge in [0.15, 0.2) is 0 Å². The third-order valence-corrected chi connectivity index (χ3v) is 4.79. The summed E-state index contributed by atoms with van der Waals surface area (Å²) in [5.74, 6) is -0.0375. The third kappa shape index (κ3) is 5.67. The quantitative estimate of drug-likeness (QED) is 0.815. The molecular formula is C24H33NO2. The van der Waals surface area contributed by atoms with E-state index in [0.717, 1.165) is 16.7 Å². The van der Waals surface area contributed by atoms with E-state index < -0.39 is 0 Å². The molecule has 0 aliphatic carbocycles. The summed E-state index contributed by atoms with van der Waals surface area (Å²) in [5.41, 5.74) is 3.97. The Hall–Kier alpha value is -2.13. The summed E-state index contributed by atoms with van der Waals surface area (Å²) in [6.45, 7) is 13.7. The topological polar surface area (TPSA) is 40.5 Å². The van der Waals surface area contributed by atoms with Crippen molar-refractivity contribution >= 4 is 5.91 Å². The molecule has 0 atom stereocenters. The van der Waals surface area contributed by atoms with E-state index in [0.29, 0.717) is 18.7 Å². The second-order valence-corrected chi connectivity index (χ2v) is 9.23. The number of hydrogen-bond donors (Lipinski definition) is 1. The van der Waals surface area contributed by atoms with Crippen LogP contribution in [0.15, 0.2) is 48.5 Å². The highest BCUT2D eigenvalue weighted by Crippen LogP contribution is 2.30. The highest BCUT2D eigenvalue weighted by molar-refractivity contribution is 5.94. The lowest BCUT2D eigenvalue weighted by molar-refractivity contribution is 0.0707. The predicted molar refractivity (Wildman–Crippen MR) is 112 cm³/mol. The fourth-order valence-corrected chi connectivity index (χ4v) is 2.98. The molecule has 27 heavy (non-hydrogen) atoms.